The van der Waals surface area contributed by atoms with Gasteiger partial charge in [-0.25, -0.2) is 5.43 Å². The number of aromatic nitrogens is 3. The summed E-state index contributed by atoms with van der Waals surface area (Å²) in [5, 5.41) is 9.73. The molecule has 1 saturated heterocycles. The molecular weight excluding hydrogens is 384 g/mol. The van der Waals surface area contributed by atoms with Crippen molar-refractivity contribution in [3.63, 3.8) is 0 Å². The first kappa shape index (κ1) is 19.8. The Morgan fingerprint density at radius 1 is 1.28 bits per heavy atom. The van der Waals surface area contributed by atoms with E-state index in [1.807, 2.05) is 29.1 Å². The number of thiophene rings is 1. The van der Waals surface area contributed by atoms with Crippen LogP contribution in [0.15, 0.2) is 48.2 Å². The smallest absolute Gasteiger partial charge is 0.238 e. The number of nitrogens with zero attached hydrogens (tertiary/aromatic N) is 3. The highest BCUT2D eigenvalue weighted by Gasteiger charge is 2.35. The van der Waals surface area contributed by atoms with Crippen LogP contribution in [0, 0.1) is 5.92 Å². The van der Waals surface area contributed by atoms with Gasteiger partial charge in [-0.05, 0) is 41.5 Å². The van der Waals surface area contributed by atoms with Gasteiger partial charge >= 0.3 is 0 Å². The van der Waals surface area contributed by atoms with Crippen molar-refractivity contribution in [3.05, 3.63) is 48.2 Å². The van der Waals surface area contributed by atoms with Crippen molar-refractivity contribution in [1.82, 2.24) is 30.9 Å². The van der Waals surface area contributed by atoms with Gasteiger partial charge < -0.3 is 5.32 Å². The zero-order chi connectivity index (χ0) is 20.2. The van der Waals surface area contributed by atoms with Crippen LogP contribution in [0.2, 0.25) is 0 Å². The quantitative estimate of drug-likeness (QED) is 0.558. The molecule has 0 aromatic carbocycles. The third-order valence-electron chi connectivity index (χ3n) is 5.52. The fourth-order valence-corrected chi connectivity index (χ4v) is 4.62. The second-order valence-corrected chi connectivity index (χ2v) is 8.22. The molecule has 1 aliphatic heterocycles. The Labute approximate surface area is 174 Å². The highest BCUT2D eigenvalue weighted by Crippen LogP contribution is 2.34. The van der Waals surface area contributed by atoms with Crippen LogP contribution in [0.4, 0.5) is 0 Å². The van der Waals surface area contributed by atoms with E-state index in [2.05, 4.69) is 51.5 Å². The average molecular weight is 411 g/mol. The van der Waals surface area contributed by atoms with Crippen LogP contribution < -0.4 is 16.2 Å². The highest BCUT2D eigenvalue weighted by atomic mass is 32.1. The van der Waals surface area contributed by atoms with E-state index in [-0.39, 0.29) is 17.9 Å². The van der Waals surface area contributed by atoms with Crippen LogP contribution >= 0.6 is 11.3 Å². The van der Waals surface area contributed by atoms with Crippen LogP contribution in [0.1, 0.15) is 20.3 Å². The largest absolute Gasteiger partial charge is 0.353 e. The van der Waals surface area contributed by atoms with Crippen molar-refractivity contribution in [1.29, 1.82) is 0 Å². The molecule has 1 aliphatic rings. The van der Waals surface area contributed by atoms with Gasteiger partial charge in [0.1, 0.15) is 6.04 Å². The lowest BCUT2D eigenvalue weighted by Gasteiger charge is -2.17. The molecule has 0 spiro atoms. The van der Waals surface area contributed by atoms with E-state index in [4.69, 9.17) is 0 Å². The number of hydrogen-bond acceptors (Lipinski definition) is 6. The van der Waals surface area contributed by atoms with Crippen molar-refractivity contribution < 1.29 is 4.79 Å². The van der Waals surface area contributed by atoms with Crippen molar-refractivity contribution >= 4 is 17.2 Å². The molecule has 8 heteroatoms. The van der Waals surface area contributed by atoms with Gasteiger partial charge in [0.15, 0.2) is 0 Å². The molecule has 3 aromatic heterocycles. The standard InChI is InChI=1S/C21H26N6OS/c1-3-17-14(2)19(26-25-17)21(28)23-10-11-27-20(18-5-4-12-29-18)16(13-24-27)15-6-8-22-9-7-15/h4-9,12-14,17,19,25-26H,3,10-11H2,1-2H3,(H,23,28). The normalized spacial score (nSPS) is 21.4. The predicted molar refractivity (Wildman–Crippen MR) is 115 cm³/mol. The lowest BCUT2D eigenvalue weighted by molar-refractivity contribution is -0.123. The van der Waals surface area contributed by atoms with Crippen LogP contribution in [0.3, 0.4) is 0 Å². The van der Waals surface area contributed by atoms with E-state index in [0.717, 1.165) is 28.1 Å². The van der Waals surface area contributed by atoms with E-state index in [1.54, 1.807) is 23.7 Å². The summed E-state index contributed by atoms with van der Waals surface area (Å²) >= 11 is 1.68. The minimum atomic E-state index is -0.207. The third kappa shape index (κ3) is 4.10. The van der Waals surface area contributed by atoms with Gasteiger partial charge in [0, 0.05) is 30.5 Å². The van der Waals surface area contributed by atoms with Gasteiger partial charge in [-0.15, -0.1) is 11.3 Å². The molecule has 0 aliphatic carbocycles. The zero-order valence-electron chi connectivity index (χ0n) is 16.6. The Bertz CT molecular complexity index is 940. The average Bonchev–Trinajstić information content (AvgIpc) is 3.48. The summed E-state index contributed by atoms with van der Waals surface area (Å²) in [5.74, 6) is 0.282. The molecule has 0 saturated carbocycles. The molecule has 1 fully saturated rings. The van der Waals surface area contributed by atoms with Gasteiger partial charge in [0.2, 0.25) is 5.91 Å². The number of carbonyl (C=O) groups is 1. The Kier molecular flexibility index (Phi) is 6.03. The Morgan fingerprint density at radius 2 is 2.10 bits per heavy atom. The van der Waals surface area contributed by atoms with Gasteiger partial charge in [0.25, 0.3) is 0 Å². The lowest BCUT2D eigenvalue weighted by atomic mass is 9.94. The first-order valence-corrected chi connectivity index (χ1v) is 10.9. The fraction of sp³-hybridized carbons (Fsp3) is 0.381. The van der Waals surface area contributed by atoms with E-state index < -0.39 is 0 Å². The summed E-state index contributed by atoms with van der Waals surface area (Å²) in [6.45, 7) is 5.36. The first-order chi connectivity index (χ1) is 14.2. The topological polar surface area (TPSA) is 83.9 Å². The molecule has 29 heavy (non-hydrogen) atoms. The minimum Gasteiger partial charge on any atom is -0.353 e. The van der Waals surface area contributed by atoms with Crippen molar-refractivity contribution in [2.75, 3.05) is 6.54 Å². The Balaban J connectivity index is 1.47. The summed E-state index contributed by atoms with van der Waals surface area (Å²) in [4.78, 5) is 17.9. The van der Waals surface area contributed by atoms with Gasteiger partial charge in [0.05, 0.1) is 23.3 Å². The molecule has 0 bridgehead atoms. The molecule has 1 amide bonds. The lowest BCUT2D eigenvalue weighted by Crippen LogP contribution is -2.46. The Morgan fingerprint density at radius 3 is 2.79 bits per heavy atom. The van der Waals surface area contributed by atoms with Crippen molar-refractivity contribution in [2.24, 2.45) is 5.92 Å². The van der Waals surface area contributed by atoms with Crippen LogP contribution in [0.5, 0.6) is 0 Å². The molecule has 0 radical (unpaired) electrons. The number of hydrogen-bond donors (Lipinski definition) is 3. The molecule has 152 valence electrons. The van der Waals surface area contributed by atoms with E-state index in [9.17, 15) is 4.79 Å². The van der Waals surface area contributed by atoms with Gasteiger partial charge in [-0.1, -0.05) is 19.9 Å². The molecule has 3 unspecified atom stereocenters. The number of hydrazine groups is 1. The van der Waals surface area contributed by atoms with E-state index in [0.29, 0.717) is 19.1 Å². The summed E-state index contributed by atoms with van der Waals surface area (Å²) in [6.07, 6.45) is 6.46. The number of amides is 1. The van der Waals surface area contributed by atoms with Crippen LogP contribution in [0.25, 0.3) is 21.7 Å². The molecule has 7 nitrogen and oxygen atoms in total. The number of rotatable bonds is 7. The first-order valence-electron chi connectivity index (χ1n) is 9.98. The summed E-state index contributed by atoms with van der Waals surface area (Å²) < 4.78 is 1.97. The number of pyridine rings is 1. The fourth-order valence-electron chi connectivity index (χ4n) is 3.84. The SMILES string of the molecule is CCC1NNC(C(=O)NCCn2ncc(-c3ccncc3)c2-c2cccs2)C1C. The highest BCUT2D eigenvalue weighted by molar-refractivity contribution is 7.13. The molecule has 4 heterocycles. The monoisotopic (exact) mass is 410 g/mol. The van der Waals surface area contributed by atoms with Crippen molar-refractivity contribution in [2.45, 2.75) is 38.9 Å². The maximum absolute atomic E-state index is 12.6. The summed E-state index contributed by atoms with van der Waals surface area (Å²) in [5.41, 5.74) is 9.56. The second-order valence-electron chi connectivity index (χ2n) is 7.27. The third-order valence-corrected chi connectivity index (χ3v) is 6.39. The minimum absolute atomic E-state index is 0.0279. The van der Waals surface area contributed by atoms with E-state index in [1.165, 1.54) is 0 Å². The molecule has 4 rings (SSSR count). The van der Waals surface area contributed by atoms with E-state index >= 15 is 0 Å². The van der Waals surface area contributed by atoms with Crippen LogP contribution in [-0.4, -0.2) is 39.3 Å². The zero-order valence-corrected chi connectivity index (χ0v) is 17.4. The number of nitrogens with one attached hydrogen (secondary N) is 3. The maximum Gasteiger partial charge on any atom is 0.238 e. The second kappa shape index (κ2) is 8.86. The molecule has 3 atom stereocenters. The summed E-state index contributed by atoms with van der Waals surface area (Å²) in [7, 11) is 0. The van der Waals surface area contributed by atoms with Gasteiger partial charge in [-0.3, -0.25) is 19.9 Å². The molecule has 3 N–H and O–H groups in total. The Hall–Kier alpha value is -2.55. The molecular formula is C21H26N6OS. The number of carbonyl (C=O) groups excluding carboxylic acids is 1. The predicted octanol–water partition coefficient (Wildman–Crippen LogP) is 2.68. The van der Waals surface area contributed by atoms with Crippen LogP contribution in [-0.2, 0) is 11.3 Å². The van der Waals surface area contributed by atoms with Gasteiger partial charge in [-0.2, -0.15) is 5.10 Å². The maximum atomic E-state index is 12.6. The van der Waals surface area contributed by atoms with Crippen molar-refractivity contribution in [3.8, 4) is 21.7 Å². The summed E-state index contributed by atoms with van der Waals surface area (Å²) in [6, 6.07) is 8.24. The molecule has 3 aromatic rings.